The maximum Gasteiger partial charge on any atom is 0.274 e. The van der Waals surface area contributed by atoms with Crippen molar-refractivity contribution in [3.63, 3.8) is 0 Å². The van der Waals surface area contributed by atoms with Crippen LogP contribution < -0.4 is 10.6 Å². The Balaban J connectivity index is 1.88. The molecule has 5 nitrogen and oxygen atoms in total. The zero-order chi connectivity index (χ0) is 20.3. The quantitative estimate of drug-likeness (QED) is 0.628. The van der Waals surface area contributed by atoms with Crippen LogP contribution in [0.5, 0.6) is 0 Å². The van der Waals surface area contributed by atoms with Crippen LogP contribution in [0.3, 0.4) is 0 Å². The average molecular weight is 378 g/mol. The van der Waals surface area contributed by atoms with Gasteiger partial charge in [-0.1, -0.05) is 32.0 Å². The molecule has 0 spiro atoms. The van der Waals surface area contributed by atoms with Crippen LogP contribution in [0.1, 0.15) is 47.1 Å². The number of anilines is 3. The van der Waals surface area contributed by atoms with E-state index < -0.39 is 0 Å². The number of nitrogens with zero attached hydrogens (tertiary/aromatic N) is 2. The normalized spacial score (nSPS) is 10.8. The molecule has 0 atom stereocenters. The van der Waals surface area contributed by atoms with Crippen molar-refractivity contribution in [3.05, 3.63) is 76.9 Å². The molecule has 0 aliphatic carbocycles. The van der Waals surface area contributed by atoms with Gasteiger partial charge in [0.2, 0.25) is 5.95 Å². The molecule has 2 N–H and O–H groups in total. The number of nitrogens with one attached hydrogen (secondary N) is 2. The third-order valence-corrected chi connectivity index (χ3v) is 4.35. The number of carbonyl (C=O) groups excluding carboxylic acids is 1. The van der Waals surface area contributed by atoms with Crippen molar-refractivity contribution < 1.29 is 9.18 Å². The predicted molar refractivity (Wildman–Crippen MR) is 110 cm³/mol. The zero-order valence-corrected chi connectivity index (χ0v) is 16.4. The van der Waals surface area contributed by atoms with Gasteiger partial charge in [-0.3, -0.25) is 4.79 Å². The van der Waals surface area contributed by atoms with Crippen molar-refractivity contribution in [2.45, 2.75) is 33.6 Å². The molecule has 1 aromatic heterocycles. The Morgan fingerprint density at radius 2 is 1.75 bits per heavy atom. The molecule has 28 heavy (non-hydrogen) atoms. The molecule has 2 aromatic carbocycles. The second kappa shape index (κ2) is 8.17. The second-order valence-corrected chi connectivity index (χ2v) is 7.00. The van der Waals surface area contributed by atoms with E-state index in [0.29, 0.717) is 23.2 Å². The molecule has 144 valence electrons. The van der Waals surface area contributed by atoms with E-state index in [1.165, 1.54) is 24.3 Å². The van der Waals surface area contributed by atoms with Crippen LogP contribution in [0, 0.1) is 19.7 Å². The van der Waals surface area contributed by atoms with Gasteiger partial charge in [-0.25, -0.2) is 14.4 Å². The maximum absolute atomic E-state index is 13.0. The lowest BCUT2D eigenvalue weighted by molar-refractivity contribution is 0.102. The molecule has 0 saturated carbocycles. The fraction of sp³-hybridized carbons (Fsp3) is 0.227. The van der Waals surface area contributed by atoms with Crippen LogP contribution in [-0.4, -0.2) is 15.9 Å². The molecular weight excluding hydrogens is 355 g/mol. The van der Waals surface area contributed by atoms with Gasteiger partial charge in [-0.2, -0.15) is 0 Å². The largest absolute Gasteiger partial charge is 0.324 e. The topological polar surface area (TPSA) is 66.9 Å². The molecule has 3 aromatic rings. The Morgan fingerprint density at radius 1 is 1.04 bits per heavy atom. The summed E-state index contributed by atoms with van der Waals surface area (Å²) in [4.78, 5) is 21.4. The minimum Gasteiger partial charge on any atom is -0.324 e. The Kier molecular flexibility index (Phi) is 5.68. The van der Waals surface area contributed by atoms with Crippen molar-refractivity contribution in [3.8, 4) is 0 Å². The molecule has 0 aliphatic heterocycles. The van der Waals surface area contributed by atoms with Crippen molar-refractivity contribution in [1.82, 2.24) is 9.97 Å². The van der Waals surface area contributed by atoms with Crippen molar-refractivity contribution in [1.29, 1.82) is 0 Å². The molecule has 3 rings (SSSR count). The van der Waals surface area contributed by atoms with Crippen LogP contribution in [0.2, 0.25) is 0 Å². The highest BCUT2D eigenvalue weighted by Gasteiger charge is 2.14. The van der Waals surface area contributed by atoms with Crippen LogP contribution in [0.15, 0.2) is 48.5 Å². The smallest absolute Gasteiger partial charge is 0.274 e. The van der Waals surface area contributed by atoms with Crippen LogP contribution in [0.4, 0.5) is 21.7 Å². The number of benzene rings is 2. The number of carbonyl (C=O) groups is 1. The number of halogens is 1. The molecular formula is C22H23FN4O. The van der Waals surface area contributed by atoms with E-state index in [-0.39, 0.29) is 17.4 Å². The summed E-state index contributed by atoms with van der Waals surface area (Å²) < 4.78 is 13.0. The summed E-state index contributed by atoms with van der Waals surface area (Å²) in [6, 6.07) is 13.3. The van der Waals surface area contributed by atoms with Crippen LogP contribution >= 0.6 is 0 Å². The molecule has 0 bridgehead atoms. The maximum atomic E-state index is 13.0. The standard InChI is InChI=1S/C22H23FN4O/c1-13(2)18-7-5-6-14(3)20(18)27-22-24-15(4)12-19(26-22)21(28)25-17-10-8-16(23)9-11-17/h5-13H,1-4H3,(H,25,28)(H,24,26,27). The monoisotopic (exact) mass is 378 g/mol. The SMILES string of the molecule is Cc1cc(C(=O)Nc2ccc(F)cc2)nc(Nc2c(C)cccc2C(C)C)n1. The minimum absolute atomic E-state index is 0.235. The van der Waals surface area contributed by atoms with E-state index in [1.54, 1.807) is 6.07 Å². The van der Waals surface area contributed by atoms with E-state index in [1.807, 2.05) is 26.0 Å². The number of amides is 1. The highest BCUT2D eigenvalue weighted by Crippen LogP contribution is 2.29. The van der Waals surface area contributed by atoms with Crippen LogP contribution in [-0.2, 0) is 0 Å². The summed E-state index contributed by atoms with van der Waals surface area (Å²) in [5.74, 6) is -0.0514. The Bertz CT molecular complexity index is 1000. The van der Waals surface area contributed by atoms with Gasteiger partial charge in [-0.15, -0.1) is 0 Å². The molecule has 0 saturated heterocycles. The summed E-state index contributed by atoms with van der Waals surface area (Å²) in [6.45, 7) is 8.08. The first-order chi connectivity index (χ1) is 13.3. The van der Waals surface area contributed by atoms with Gasteiger partial charge in [0.05, 0.1) is 0 Å². The highest BCUT2D eigenvalue weighted by molar-refractivity contribution is 6.03. The number of hydrogen-bond acceptors (Lipinski definition) is 4. The van der Waals surface area contributed by atoms with E-state index in [2.05, 4.69) is 40.5 Å². The van der Waals surface area contributed by atoms with Crippen molar-refractivity contribution >= 4 is 23.2 Å². The molecule has 0 radical (unpaired) electrons. The minimum atomic E-state index is -0.381. The summed E-state index contributed by atoms with van der Waals surface area (Å²) in [5, 5.41) is 6.00. The lowest BCUT2D eigenvalue weighted by Gasteiger charge is -2.17. The number of aromatic nitrogens is 2. The zero-order valence-electron chi connectivity index (χ0n) is 16.4. The number of hydrogen-bond donors (Lipinski definition) is 2. The first-order valence-electron chi connectivity index (χ1n) is 9.12. The highest BCUT2D eigenvalue weighted by atomic mass is 19.1. The summed E-state index contributed by atoms with van der Waals surface area (Å²) in [6.07, 6.45) is 0. The Labute approximate surface area is 164 Å². The average Bonchev–Trinajstić information content (AvgIpc) is 2.64. The number of aryl methyl sites for hydroxylation is 2. The molecule has 0 unspecified atom stereocenters. The fourth-order valence-electron chi connectivity index (χ4n) is 2.92. The third kappa shape index (κ3) is 4.52. The van der Waals surface area contributed by atoms with E-state index in [9.17, 15) is 9.18 Å². The summed E-state index contributed by atoms with van der Waals surface area (Å²) in [7, 11) is 0. The third-order valence-electron chi connectivity index (χ3n) is 4.35. The fourth-order valence-corrected chi connectivity index (χ4v) is 2.92. The summed E-state index contributed by atoms with van der Waals surface area (Å²) >= 11 is 0. The molecule has 0 fully saturated rings. The first kappa shape index (κ1) is 19.5. The van der Waals surface area contributed by atoms with Gasteiger partial charge in [0.15, 0.2) is 0 Å². The van der Waals surface area contributed by atoms with E-state index in [4.69, 9.17) is 0 Å². The Morgan fingerprint density at radius 3 is 2.43 bits per heavy atom. The number of rotatable bonds is 5. The van der Waals surface area contributed by atoms with Gasteiger partial charge < -0.3 is 10.6 Å². The van der Waals surface area contributed by atoms with Gasteiger partial charge in [-0.05, 0) is 61.2 Å². The number of para-hydroxylation sites is 1. The van der Waals surface area contributed by atoms with Gasteiger partial charge in [0.25, 0.3) is 5.91 Å². The van der Waals surface area contributed by atoms with E-state index in [0.717, 1.165) is 16.8 Å². The molecule has 0 aliphatic rings. The second-order valence-electron chi connectivity index (χ2n) is 7.00. The van der Waals surface area contributed by atoms with Gasteiger partial charge in [0.1, 0.15) is 11.5 Å². The Hall–Kier alpha value is -3.28. The van der Waals surface area contributed by atoms with E-state index >= 15 is 0 Å². The van der Waals surface area contributed by atoms with Gasteiger partial charge >= 0.3 is 0 Å². The van der Waals surface area contributed by atoms with Crippen molar-refractivity contribution in [2.24, 2.45) is 0 Å². The summed E-state index contributed by atoms with van der Waals surface area (Å²) in [5.41, 5.74) is 4.59. The molecule has 1 amide bonds. The van der Waals surface area contributed by atoms with Gasteiger partial charge in [0, 0.05) is 17.1 Å². The lowest BCUT2D eigenvalue weighted by Crippen LogP contribution is -2.16. The molecule has 6 heteroatoms. The molecule has 1 heterocycles. The van der Waals surface area contributed by atoms with Crippen molar-refractivity contribution in [2.75, 3.05) is 10.6 Å². The first-order valence-corrected chi connectivity index (χ1v) is 9.12. The predicted octanol–water partition coefficient (Wildman–Crippen LogP) is 5.35. The lowest BCUT2D eigenvalue weighted by atomic mass is 9.98. The van der Waals surface area contributed by atoms with Crippen LogP contribution in [0.25, 0.3) is 0 Å².